The quantitative estimate of drug-likeness (QED) is 0.835. The largest absolute Gasteiger partial charge is 0.356 e. The van der Waals surface area contributed by atoms with Gasteiger partial charge < -0.3 is 10.6 Å². The van der Waals surface area contributed by atoms with Crippen molar-refractivity contribution in [2.24, 2.45) is 0 Å². The molecular formula is C12H17BrClFN2O. The van der Waals surface area contributed by atoms with E-state index < -0.39 is 0 Å². The van der Waals surface area contributed by atoms with Gasteiger partial charge in [0.25, 0.3) is 0 Å². The Morgan fingerprint density at radius 3 is 2.72 bits per heavy atom. The molecule has 0 heterocycles. The van der Waals surface area contributed by atoms with Crippen LogP contribution in [0.3, 0.4) is 0 Å². The maximum Gasteiger partial charge on any atom is 0.221 e. The summed E-state index contributed by atoms with van der Waals surface area (Å²) in [5, 5.41) is 5.72. The lowest BCUT2D eigenvalue weighted by atomic mass is 10.1. The zero-order valence-electron chi connectivity index (χ0n) is 10.1. The van der Waals surface area contributed by atoms with E-state index in [2.05, 4.69) is 26.6 Å². The molecule has 0 saturated carbocycles. The van der Waals surface area contributed by atoms with Crippen molar-refractivity contribution in [1.29, 1.82) is 0 Å². The van der Waals surface area contributed by atoms with Crippen LogP contribution in [0, 0.1) is 5.82 Å². The standard InChI is InChI=1S/C12H16BrFN2O.ClH/c1-15-6-5-12(17)16-7-4-9-2-3-11(14)10(13)8-9;/h2-3,8,15H,4-7H2,1H3,(H,16,17);1H. The van der Waals surface area contributed by atoms with Gasteiger partial charge in [-0.1, -0.05) is 6.07 Å². The lowest BCUT2D eigenvalue weighted by molar-refractivity contribution is -0.120. The fourth-order valence-electron chi connectivity index (χ4n) is 1.37. The third kappa shape index (κ3) is 6.33. The average Bonchev–Trinajstić information content (AvgIpc) is 2.31. The van der Waals surface area contributed by atoms with E-state index >= 15 is 0 Å². The first-order valence-electron chi connectivity index (χ1n) is 5.48. The first-order valence-corrected chi connectivity index (χ1v) is 6.28. The number of nitrogens with one attached hydrogen (secondary N) is 2. The van der Waals surface area contributed by atoms with Gasteiger partial charge >= 0.3 is 0 Å². The minimum atomic E-state index is -0.271. The van der Waals surface area contributed by atoms with Crippen LogP contribution in [-0.2, 0) is 11.2 Å². The van der Waals surface area contributed by atoms with Gasteiger partial charge in [0.05, 0.1) is 4.47 Å². The maximum absolute atomic E-state index is 13.0. The molecule has 2 N–H and O–H groups in total. The van der Waals surface area contributed by atoms with Crippen LogP contribution in [-0.4, -0.2) is 26.0 Å². The van der Waals surface area contributed by atoms with Crippen molar-refractivity contribution in [2.45, 2.75) is 12.8 Å². The molecule has 0 radical (unpaired) electrons. The highest BCUT2D eigenvalue weighted by atomic mass is 79.9. The van der Waals surface area contributed by atoms with E-state index in [9.17, 15) is 9.18 Å². The van der Waals surface area contributed by atoms with Gasteiger partial charge in [-0.25, -0.2) is 4.39 Å². The topological polar surface area (TPSA) is 41.1 Å². The lowest BCUT2D eigenvalue weighted by Gasteiger charge is -2.05. The van der Waals surface area contributed by atoms with E-state index in [1.54, 1.807) is 12.1 Å². The lowest BCUT2D eigenvalue weighted by Crippen LogP contribution is -2.28. The highest BCUT2D eigenvalue weighted by molar-refractivity contribution is 9.10. The Labute approximate surface area is 121 Å². The molecule has 1 aromatic rings. The Morgan fingerprint density at radius 2 is 2.11 bits per heavy atom. The van der Waals surface area contributed by atoms with E-state index in [1.807, 2.05) is 7.05 Å². The summed E-state index contributed by atoms with van der Waals surface area (Å²) in [5.41, 5.74) is 0.993. The molecule has 0 fully saturated rings. The molecule has 0 unspecified atom stereocenters. The van der Waals surface area contributed by atoms with Crippen molar-refractivity contribution in [3.8, 4) is 0 Å². The number of rotatable bonds is 6. The normalized spacial score (nSPS) is 9.72. The number of amides is 1. The third-order valence-electron chi connectivity index (χ3n) is 2.32. The highest BCUT2D eigenvalue weighted by Crippen LogP contribution is 2.16. The Morgan fingerprint density at radius 1 is 1.39 bits per heavy atom. The van der Waals surface area contributed by atoms with Gasteiger partial charge in [0.2, 0.25) is 5.91 Å². The van der Waals surface area contributed by atoms with Gasteiger partial charge in [-0.15, -0.1) is 12.4 Å². The van der Waals surface area contributed by atoms with Crippen LogP contribution >= 0.6 is 28.3 Å². The molecule has 6 heteroatoms. The molecule has 1 amide bonds. The van der Waals surface area contributed by atoms with Crippen LogP contribution in [0.25, 0.3) is 0 Å². The summed E-state index contributed by atoms with van der Waals surface area (Å²) in [6, 6.07) is 4.87. The van der Waals surface area contributed by atoms with Crippen molar-refractivity contribution >= 4 is 34.2 Å². The number of hydrogen-bond acceptors (Lipinski definition) is 2. The molecular weight excluding hydrogens is 322 g/mol. The molecule has 0 atom stereocenters. The van der Waals surface area contributed by atoms with Crippen molar-refractivity contribution < 1.29 is 9.18 Å². The predicted octanol–water partition coefficient (Wildman–Crippen LogP) is 2.28. The molecule has 0 saturated heterocycles. The van der Waals surface area contributed by atoms with Crippen molar-refractivity contribution in [3.63, 3.8) is 0 Å². The Balaban J connectivity index is 0.00000289. The highest BCUT2D eigenvalue weighted by Gasteiger charge is 2.02. The predicted molar refractivity (Wildman–Crippen MR) is 76.6 cm³/mol. The molecule has 0 aliphatic carbocycles. The van der Waals surface area contributed by atoms with Crippen molar-refractivity contribution in [3.05, 3.63) is 34.1 Å². The van der Waals surface area contributed by atoms with Crippen LogP contribution in [0.4, 0.5) is 4.39 Å². The summed E-state index contributed by atoms with van der Waals surface area (Å²) in [6.45, 7) is 1.24. The summed E-state index contributed by atoms with van der Waals surface area (Å²) in [5.74, 6) is -0.243. The second kappa shape index (κ2) is 9.30. The van der Waals surface area contributed by atoms with Crippen LogP contribution < -0.4 is 10.6 Å². The van der Waals surface area contributed by atoms with Crippen molar-refractivity contribution in [1.82, 2.24) is 10.6 Å². The van der Waals surface area contributed by atoms with Crippen LogP contribution in [0.5, 0.6) is 0 Å². The van der Waals surface area contributed by atoms with E-state index in [0.29, 0.717) is 30.4 Å². The van der Waals surface area contributed by atoms with Gasteiger partial charge in [-0.05, 0) is 47.1 Å². The molecule has 0 spiro atoms. The third-order valence-corrected chi connectivity index (χ3v) is 2.93. The first kappa shape index (κ1) is 17.4. The summed E-state index contributed by atoms with van der Waals surface area (Å²) in [7, 11) is 1.81. The van der Waals surface area contributed by atoms with Crippen LogP contribution in [0.2, 0.25) is 0 Å². The molecule has 0 aliphatic heterocycles. The number of carbonyl (C=O) groups is 1. The van der Waals surface area contributed by atoms with Crippen LogP contribution in [0.15, 0.2) is 22.7 Å². The van der Waals surface area contributed by atoms with Gasteiger partial charge in [-0.3, -0.25) is 4.79 Å². The molecule has 3 nitrogen and oxygen atoms in total. The Kier molecular flexibility index (Phi) is 8.97. The molecule has 18 heavy (non-hydrogen) atoms. The number of hydrogen-bond donors (Lipinski definition) is 2. The average molecular weight is 340 g/mol. The Hall–Kier alpha value is -0.650. The fraction of sp³-hybridized carbons (Fsp3) is 0.417. The van der Waals surface area contributed by atoms with Gasteiger partial charge in [-0.2, -0.15) is 0 Å². The minimum Gasteiger partial charge on any atom is -0.356 e. The summed E-state index contributed by atoms with van der Waals surface area (Å²) >= 11 is 3.13. The van der Waals surface area contributed by atoms with E-state index in [0.717, 1.165) is 5.56 Å². The SMILES string of the molecule is CNCCC(=O)NCCc1ccc(F)c(Br)c1.Cl. The molecule has 0 aromatic heterocycles. The minimum absolute atomic E-state index is 0. The molecule has 1 aromatic carbocycles. The second-order valence-electron chi connectivity index (χ2n) is 3.70. The zero-order chi connectivity index (χ0) is 12.7. The van der Waals surface area contributed by atoms with Crippen molar-refractivity contribution in [2.75, 3.05) is 20.1 Å². The van der Waals surface area contributed by atoms with Gasteiger partial charge in [0.1, 0.15) is 5.82 Å². The smallest absolute Gasteiger partial charge is 0.221 e. The zero-order valence-corrected chi connectivity index (χ0v) is 12.5. The molecule has 0 aliphatic rings. The van der Waals surface area contributed by atoms with E-state index in [1.165, 1.54) is 6.07 Å². The summed E-state index contributed by atoms with van der Waals surface area (Å²) < 4.78 is 13.4. The van der Waals surface area contributed by atoms with Crippen LogP contribution in [0.1, 0.15) is 12.0 Å². The van der Waals surface area contributed by atoms with E-state index in [4.69, 9.17) is 0 Å². The summed E-state index contributed by atoms with van der Waals surface area (Å²) in [6.07, 6.45) is 1.17. The monoisotopic (exact) mass is 338 g/mol. The molecule has 102 valence electrons. The summed E-state index contributed by atoms with van der Waals surface area (Å²) in [4.78, 5) is 11.3. The second-order valence-corrected chi connectivity index (χ2v) is 4.56. The molecule has 0 bridgehead atoms. The van der Waals surface area contributed by atoms with E-state index in [-0.39, 0.29) is 24.1 Å². The van der Waals surface area contributed by atoms with Gasteiger partial charge in [0, 0.05) is 19.5 Å². The maximum atomic E-state index is 13.0. The number of carbonyl (C=O) groups excluding carboxylic acids is 1. The number of benzene rings is 1. The fourth-order valence-corrected chi connectivity index (χ4v) is 1.79. The first-order chi connectivity index (χ1) is 8.13. The Bertz CT molecular complexity index is 390. The molecule has 1 rings (SSSR count). The number of halogens is 3. The van der Waals surface area contributed by atoms with Gasteiger partial charge in [0.15, 0.2) is 0 Å².